The van der Waals surface area contributed by atoms with Crippen molar-refractivity contribution in [3.63, 3.8) is 0 Å². The number of amides is 1. The molecule has 1 unspecified atom stereocenters. The molecule has 0 aliphatic heterocycles. The fraction of sp³-hybridized carbons (Fsp3) is 0.227. The molecule has 0 saturated carbocycles. The zero-order valence-corrected chi connectivity index (χ0v) is 20.5. The zero-order valence-electron chi connectivity index (χ0n) is 18.9. The van der Waals surface area contributed by atoms with Gasteiger partial charge in [0, 0.05) is 42.3 Å². The molecule has 4 N–H and O–H groups in total. The molecule has 0 spiro atoms. The van der Waals surface area contributed by atoms with Gasteiger partial charge < -0.3 is 16.4 Å². The number of nitrogens with zero attached hydrogens (tertiary/aromatic N) is 3. The van der Waals surface area contributed by atoms with E-state index in [-0.39, 0.29) is 18.1 Å². The van der Waals surface area contributed by atoms with Gasteiger partial charge in [0.2, 0.25) is 11.9 Å². The summed E-state index contributed by atoms with van der Waals surface area (Å²) in [6.07, 6.45) is -2.58. The number of nitrogens with two attached hydrogens (primary N) is 1. The van der Waals surface area contributed by atoms with Crippen molar-refractivity contribution >= 4 is 51.6 Å². The summed E-state index contributed by atoms with van der Waals surface area (Å²) < 4.78 is 54.3. The van der Waals surface area contributed by atoms with Crippen molar-refractivity contribution in [3.8, 4) is 0 Å². The van der Waals surface area contributed by atoms with Crippen LogP contribution in [0.1, 0.15) is 27.0 Å². The third-order valence-corrected chi connectivity index (χ3v) is 6.28. The van der Waals surface area contributed by atoms with Crippen molar-refractivity contribution in [2.24, 2.45) is 5.73 Å². The summed E-state index contributed by atoms with van der Waals surface area (Å²) in [6.45, 7) is 1.68. The van der Waals surface area contributed by atoms with Crippen LogP contribution >= 0.6 is 11.6 Å². The maximum absolute atomic E-state index is 13.6. The van der Waals surface area contributed by atoms with E-state index in [1.165, 1.54) is 22.7 Å². The Balaban J connectivity index is 1.95. The van der Waals surface area contributed by atoms with Crippen molar-refractivity contribution in [3.05, 3.63) is 69.9 Å². The maximum atomic E-state index is 13.6. The fourth-order valence-corrected chi connectivity index (χ4v) is 3.73. The summed E-state index contributed by atoms with van der Waals surface area (Å²) in [5.41, 5.74) is 6.63. The standard InChI is InChI=1S/C22H22ClF3N6O2S/c1-12-4-5-13(19(27)33)8-17(12)30-21-29-11-16(22(24,25)26)20(31-21)28-10-14-6-7-15(23)9-18(14)32(2)35(3)34/h4-9,11H,10H2,1-3H3,(H2,27,33)(H2,28,29,30,31). The lowest BCUT2D eigenvalue weighted by atomic mass is 10.1. The van der Waals surface area contributed by atoms with Crippen LogP contribution in [0.2, 0.25) is 5.02 Å². The number of rotatable bonds is 8. The van der Waals surface area contributed by atoms with Gasteiger partial charge in [-0.15, -0.1) is 0 Å². The lowest BCUT2D eigenvalue weighted by Gasteiger charge is -2.21. The van der Waals surface area contributed by atoms with Gasteiger partial charge in [0.05, 0.1) is 5.69 Å². The van der Waals surface area contributed by atoms with Gasteiger partial charge in [-0.1, -0.05) is 23.7 Å². The average molecular weight is 527 g/mol. The van der Waals surface area contributed by atoms with Crippen molar-refractivity contribution < 1.29 is 22.2 Å². The second-order valence-electron chi connectivity index (χ2n) is 7.52. The van der Waals surface area contributed by atoms with Gasteiger partial charge in [-0.3, -0.25) is 9.10 Å². The third-order valence-electron chi connectivity index (χ3n) is 5.08. The molecule has 2 aromatic carbocycles. The number of benzene rings is 2. The van der Waals surface area contributed by atoms with Crippen LogP contribution in [-0.4, -0.2) is 33.4 Å². The number of carbonyl (C=O) groups is 1. The van der Waals surface area contributed by atoms with Gasteiger partial charge in [-0.25, -0.2) is 9.19 Å². The van der Waals surface area contributed by atoms with E-state index in [4.69, 9.17) is 17.3 Å². The van der Waals surface area contributed by atoms with Crippen molar-refractivity contribution in [2.45, 2.75) is 19.6 Å². The van der Waals surface area contributed by atoms with E-state index in [1.54, 1.807) is 38.2 Å². The summed E-state index contributed by atoms with van der Waals surface area (Å²) in [4.78, 5) is 19.3. The molecule has 0 bridgehead atoms. The number of anilines is 4. The van der Waals surface area contributed by atoms with E-state index in [9.17, 15) is 22.2 Å². The third kappa shape index (κ3) is 6.40. The minimum absolute atomic E-state index is 0.0657. The first kappa shape index (κ1) is 26.2. The minimum atomic E-state index is -4.72. The highest BCUT2D eigenvalue weighted by molar-refractivity contribution is 7.85. The van der Waals surface area contributed by atoms with Gasteiger partial charge >= 0.3 is 6.18 Å². The van der Waals surface area contributed by atoms with Gasteiger partial charge in [0.15, 0.2) is 0 Å². The Morgan fingerprint density at radius 3 is 2.57 bits per heavy atom. The highest BCUT2D eigenvalue weighted by atomic mass is 35.5. The topological polar surface area (TPSA) is 113 Å². The molecule has 0 radical (unpaired) electrons. The summed E-state index contributed by atoms with van der Waals surface area (Å²) >= 11 is 6.06. The van der Waals surface area contributed by atoms with Gasteiger partial charge in [-0.05, 0) is 42.3 Å². The predicted octanol–water partition coefficient (Wildman–Crippen LogP) is 4.64. The van der Waals surface area contributed by atoms with Crippen molar-refractivity contribution in [1.82, 2.24) is 9.97 Å². The molecule has 0 aliphatic rings. The van der Waals surface area contributed by atoms with E-state index >= 15 is 0 Å². The largest absolute Gasteiger partial charge is 0.421 e. The van der Waals surface area contributed by atoms with Gasteiger partial charge in [0.1, 0.15) is 22.4 Å². The minimum Gasteiger partial charge on any atom is -0.366 e. The molecular weight excluding hydrogens is 505 g/mol. The normalized spacial score (nSPS) is 12.2. The molecule has 0 fully saturated rings. The zero-order chi connectivity index (χ0) is 25.9. The number of primary amides is 1. The number of alkyl halides is 3. The number of hydrogen-bond acceptors (Lipinski definition) is 6. The summed E-state index contributed by atoms with van der Waals surface area (Å²) in [7, 11) is 0.203. The Labute approximate surface area is 207 Å². The number of carbonyl (C=O) groups excluding carboxylic acids is 1. The number of halogens is 4. The molecule has 1 atom stereocenters. The molecule has 3 rings (SSSR count). The Kier molecular flexibility index (Phi) is 7.86. The highest BCUT2D eigenvalue weighted by Crippen LogP contribution is 2.35. The smallest absolute Gasteiger partial charge is 0.366 e. The molecule has 0 aliphatic carbocycles. The van der Waals surface area contributed by atoms with Crippen LogP contribution < -0.4 is 20.7 Å². The SMILES string of the molecule is Cc1ccc(C(N)=O)cc1Nc1ncc(C(F)(F)F)c(NCc2ccc(Cl)cc2N(C)S(C)=O)n1. The highest BCUT2D eigenvalue weighted by Gasteiger charge is 2.35. The van der Waals surface area contributed by atoms with Crippen LogP contribution in [0.15, 0.2) is 42.6 Å². The Hall–Kier alpha value is -3.38. The first-order valence-electron chi connectivity index (χ1n) is 10.1. The van der Waals surface area contributed by atoms with Crippen molar-refractivity contribution in [2.75, 3.05) is 28.2 Å². The molecule has 1 amide bonds. The van der Waals surface area contributed by atoms with E-state index in [2.05, 4.69) is 20.6 Å². The Morgan fingerprint density at radius 1 is 1.23 bits per heavy atom. The van der Waals surface area contributed by atoms with Gasteiger partial charge in [-0.2, -0.15) is 18.2 Å². The van der Waals surface area contributed by atoms with Crippen molar-refractivity contribution in [1.29, 1.82) is 0 Å². The van der Waals surface area contributed by atoms with E-state index in [1.807, 2.05) is 0 Å². The molecule has 0 saturated heterocycles. The predicted molar refractivity (Wildman–Crippen MR) is 131 cm³/mol. The van der Waals surface area contributed by atoms with E-state index < -0.39 is 34.5 Å². The second kappa shape index (κ2) is 10.5. The van der Waals surface area contributed by atoms with Crippen LogP contribution in [0.5, 0.6) is 0 Å². The van der Waals surface area contributed by atoms with E-state index in [0.29, 0.717) is 33.7 Å². The maximum Gasteiger partial charge on any atom is 0.421 e. The number of aryl methyl sites for hydroxylation is 1. The Morgan fingerprint density at radius 2 is 1.94 bits per heavy atom. The molecule has 8 nitrogen and oxygen atoms in total. The lowest BCUT2D eigenvalue weighted by molar-refractivity contribution is -0.137. The molecule has 35 heavy (non-hydrogen) atoms. The van der Waals surface area contributed by atoms with E-state index in [0.717, 1.165) is 0 Å². The molecule has 13 heteroatoms. The van der Waals surface area contributed by atoms with Crippen LogP contribution in [0.4, 0.5) is 36.3 Å². The average Bonchev–Trinajstić information content (AvgIpc) is 2.78. The van der Waals surface area contributed by atoms with Gasteiger partial charge in [0.25, 0.3) is 0 Å². The molecular formula is C22H22ClF3N6O2S. The summed E-state index contributed by atoms with van der Waals surface area (Å²) in [6, 6.07) is 9.43. The monoisotopic (exact) mass is 526 g/mol. The number of aromatic nitrogens is 2. The quantitative estimate of drug-likeness (QED) is 0.394. The van der Waals surface area contributed by atoms with Crippen LogP contribution in [0.25, 0.3) is 0 Å². The second-order valence-corrected chi connectivity index (χ2v) is 9.35. The number of nitrogens with one attached hydrogen (secondary N) is 2. The molecule has 3 aromatic rings. The molecule has 1 aromatic heterocycles. The van der Waals surface area contributed by atoms with Crippen LogP contribution in [0, 0.1) is 6.92 Å². The Bertz CT molecular complexity index is 1290. The first-order valence-corrected chi connectivity index (χ1v) is 12.0. The molecule has 186 valence electrons. The lowest BCUT2D eigenvalue weighted by Crippen LogP contribution is -2.21. The van der Waals surface area contributed by atoms with Crippen LogP contribution in [0.3, 0.4) is 0 Å². The summed E-state index contributed by atoms with van der Waals surface area (Å²) in [5.74, 6) is -1.23. The number of hydrogen-bond donors (Lipinski definition) is 3. The van der Waals surface area contributed by atoms with Crippen LogP contribution in [-0.2, 0) is 23.7 Å². The molecule has 1 heterocycles. The summed E-state index contributed by atoms with van der Waals surface area (Å²) in [5, 5.41) is 5.93. The first-order chi connectivity index (χ1) is 16.4. The fourth-order valence-electron chi connectivity index (χ4n) is 3.11.